The lowest BCUT2D eigenvalue weighted by molar-refractivity contribution is -0.138. The summed E-state index contributed by atoms with van der Waals surface area (Å²) >= 11 is 0. The van der Waals surface area contributed by atoms with Crippen molar-refractivity contribution < 1.29 is 27.4 Å². The molecule has 2 aromatic carbocycles. The minimum atomic E-state index is -4.44. The summed E-state index contributed by atoms with van der Waals surface area (Å²) in [6, 6.07) is 13.6. The molecule has 34 heavy (non-hydrogen) atoms. The zero-order valence-electron chi connectivity index (χ0n) is 18.7. The Morgan fingerprint density at radius 2 is 1.85 bits per heavy atom. The smallest absolute Gasteiger partial charge is 0.416 e. The van der Waals surface area contributed by atoms with Gasteiger partial charge in [-0.2, -0.15) is 13.2 Å². The number of nitrogens with one attached hydrogen (secondary N) is 2. The number of fused-ring (bicyclic) bond motifs is 3. The first-order valence-electron chi connectivity index (χ1n) is 11.7. The number of anilines is 1. The summed E-state index contributed by atoms with van der Waals surface area (Å²) in [6.45, 7) is 2.72. The average Bonchev–Trinajstić information content (AvgIpc) is 2.87. The molecule has 0 unspecified atom stereocenters. The number of nitrogens with zero attached hydrogens (tertiary/aromatic N) is 1. The van der Waals surface area contributed by atoms with Crippen molar-refractivity contribution in [2.24, 2.45) is 5.92 Å². The van der Waals surface area contributed by atoms with Gasteiger partial charge in [0.25, 0.3) is 0 Å². The highest BCUT2D eigenvalue weighted by Gasteiger charge is 2.44. The van der Waals surface area contributed by atoms with Gasteiger partial charge in [0.15, 0.2) is 0 Å². The molecular formula is C25H28F3N3O3. The van der Waals surface area contributed by atoms with Crippen LogP contribution in [0.1, 0.15) is 41.7 Å². The minimum absolute atomic E-state index is 0.0431. The van der Waals surface area contributed by atoms with Gasteiger partial charge in [0, 0.05) is 43.3 Å². The lowest BCUT2D eigenvalue weighted by Crippen LogP contribution is -2.47. The van der Waals surface area contributed by atoms with Crippen LogP contribution in [0.2, 0.25) is 0 Å². The molecule has 4 atom stereocenters. The predicted octanol–water partition coefficient (Wildman–Crippen LogP) is 4.75. The summed E-state index contributed by atoms with van der Waals surface area (Å²) in [5.74, 6) is -0.0431. The van der Waals surface area contributed by atoms with Crippen LogP contribution in [0, 0.1) is 5.92 Å². The predicted molar refractivity (Wildman–Crippen MR) is 120 cm³/mol. The first kappa shape index (κ1) is 23.0. The molecule has 1 amide bonds. The van der Waals surface area contributed by atoms with Gasteiger partial charge in [0.1, 0.15) is 6.61 Å². The van der Waals surface area contributed by atoms with Crippen LogP contribution < -0.4 is 10.6 Å². The Labute approximate surface area is 196 Å². The van der Waals surface area contributed by atoms with Crippen molar-refractivity contribution in [3.8, 4) is 0 Å². The fourth-order valence-electron chi connectivity index (χ4n) is 5.15. The number of amides is 1. The van der Waals surface area contributed by atoms with Gasteiger partial charge >= 0.3 is 12.3 Å². The van der Waals surface area contributed by atoms with Crippen LogP contribution in [0.25, 0.3) is 0 Å². The van der Waals surface area contributed by atoms with Gasteiger partial charge in [-0.15, -0.1) is 0 Å². The molecule has 3 aliphatic heterocycles. The second-order valence-electron chi connectivity index (χ2n) is 9.07. The molecule has 5 rings (SSSR count). The summed E-state index contributed by atoms with van der Waals surface area (Å²) in [5.41, 5.74) is 1.52. The number of hydrogen-bond acceptors (Lipinski definition) is 5. The number of alkyl halides is 3. The fourth-order valence-corrected chi connectivity index (χ4v) is 5.15. The molecule has 3 aliphatic rings. The van der Waals surface area contributed by atoms with Gasteiger partial charge in [-0.05, 0) is 36.6 Å². The second kappa shape index (κ2) is 9.46. The van der Waals surface area contributed by atoms with E-state index in [4.69, 9.17) is 9.47 Å². The number of halogens is 3. The monoisotopic (exact) mass is 475 g/mol. The first-order chi connectivity index (χ1) is 16.4. The van der Waals surface area contributed by atoms with Gasteiger partial charge in [-0.25, -0.2) is 4.79 Å². The Hall–Kier alpha value is -2.78. The van der Waals surface area contributed by atoms with Gasteiger partial charge in [-0.1, -0.05) is 30.3 Å². The Morgan fingerprint density at radius 3 is 2.59 bits per heavy atom. The number of ether oxygens (including phenoxy) is 2. The van der Waals surface area contributed by atoms with Crippen molar-refractivity contribution in [1.29, 1.82) is 0 Å². The van der Waals surface area contributed by atoms with Crippen molar-refractivity contribution in [2.75, 3.05) is 38.1 Å². The number of rotatable bonds is 3. The lowest BCUT2D eigenvalue weighted by Gasteiger charge is -2.45. The number of piperazine rings is 1. The summed E-state index contributed by atoms with van der Waals surface area (Å²) in [7, 11) is 0. The standard InChI is InChI=1S/C25H28F3N3O3/c26-25(27,28)17-6-9-21-20(14-17)23-19(22(30-21)16-4-2-1-3-5-16)8-7-18(34-23)15-33-24(32)31-12-10-29-11-13-31/h1-6,9,14,18-19,22-23,29-30H,7-8,10-13,15H2/t18-,19+,22+,23+/m1/s1. The molecule has 0 aliphatic carbocycles. The highest BCUT2D eigenvalue weighted by Crippen LogP contribution is 2.51. The van der Waals surface area contributed by atoms with E-state index in [2.05, 4.69) is 10.6 Å². The molecule has 2 fully saturated rings. The summed E-state index contributed by atoms with van der Waals surface area (Å²) in [5, 5.41) is 6.64. The van der Waals surface area contributed by atoms with E-state index in [1.165, 1.54) is 12.1 Å². The third-order valence-corrected chi connectivity index (χ3v) is 6.90. The van der Waals surface area contributed by atoms with Crippen molar-refractivity contribution in [2.45, 2.75) is 37.3 Å². The van der Waals surface area contributed by atoms with Crippen LogP contribution in [0.3, 0.4) is 0 Å². The van der Waals surface area contributed by atoms with Crippen LogP contribution in [0.4, 0.5) is 23.7 Å². The van der Waals surface area contributed by atoms with E-state index in [9.17, 15) is 18.0 Å². The Balaban J connectivity index is 1.37. The molecule has 2 aromatic rings. The Morgan fingerprint density at radius 1 is 1.09 bits per heavy atom. The van der Waals surface area contributed by atoms with E-state index in [0.29, 0.717) is 30.8 Å². The molecule has 0 radical (unpaired) electrons. The molecule has 3 heterocycles. The maximum Gasteiger partial charge on any atom is 0.416 e. The van der Waals surface area contributed by atoms with Crippen molar-refractivity contribution in [3.05, 3.63) is 65.2 Å². The van der Waals surface area contributed by atoms with Gasteiger partial charge < -0.3 is 25.0 Å². The van der Waals surface area contributed by atoms with Crippen molar-refractivity contribution in [3.63, 3.8) is 0 Å². The highest BCUT2D eigenvalue weighted by molar-refractivity contribution is 5.67. The third-order valence-electron chi connectivity index (χ3n) is 6.90. The molecule has 182 valence electrons. The lowest BCUT2D eigenvalue weighted by atomic mass is 9.76. The molecular weight excluding hydrogens is 447 g/mol. The van der Waals surface area contributed by atoms with Crippen LogP contribution in [-0.4, -0.2) is 49.9 Å². The largest absolute Gasteiger partial charge is 0.447 e. The average molecular weight is 476 g/mol. The van der Waals surface area contributed by atoms with E-state index in [0.717, 1.165) is 31.1 Å². The Kier molecular flexibility index (Phi) is 6.40. The first-order valence-corrected chi connectivity index (χ1v) is 11.7. The fraction of sp³-hybridized carbons (Fsp3) is 0.480. The van der Waals surface area contributed by atoms with E-state index in [1.54, 1.807) is 4.90 Å². The number of carbonyl (C=O) groups excluding carboxylic acids is 1. The summed E-state index contributed by atoms with van der Waals surface area (Å²) in [4.78, 5) is 14.1. The molecule has 6 nitrogen and oxygen atoms in total. The quantitative estimate of drug-likeness (QED) is 0.671. The van der Waals surface area contributed by atoms with E-state index < -0.39 is 17.8 Å². The van der Waals surface area contributed by atoms with E-state index in [-0.39, 0.29) is 30.8 Å². The molecule has 0 aromatic heterocycles. The van der Waals surface area contributed by atoms with Crippen LogP contribution in [0.5, 0.6) is 0 Å². The van der Waals surface area contributed by atoms with Gasteiger partial charge in [0.2, 0.25) is 0 Å². The molecule has 9 heteroatoms. The maximum atomic E-state index is 13.5. The Bertz CT molecular complexity index is 1010. The number of hydrogen-bond donors (Lipinski definition) is 2. The van der Waals surface area contributed by atoms with Crippen molar-refractivity contribution in [1.82, 2.24) is 10.2 Å². The number of benzene rings is 2. The zero-order chi connectivity index (χ0) is 23.7. The minimum Gasteiger partial charge on any atom is -0.447 e. The number of carbonyl (C=O) groups is 1. The van der Waals surface area contributed by atoms with Gasteiger partial charge in [0.05, 0.1) is 23.8 Å². The molecule has 0 bridgehead atoms. The summed E-state index contributed by atoms with van der Waals surface area (Å²) in [6.07, 6.45) is -4.31. The third kappa shape index (κ3) is 4.72. The maximum absolute atomic E-state index is 13.5. The van der Waals surface area contributed by atoms with Crippen LogP contribution in [-0.2, 0) is 15.7 Å². The van der Waals surface area contributed by atoms with Crippen LogP contribution in [0.15, 0.2) is 48.5 Å². The molecule has 2 N–H and O–H groups in total. The molecule has 0 spiro atoms. The van der Waals surface area contributed by atoms with Crippen LogP contribution >= 0.6 is 0 Å². The molecule has 2 saturated heterocycles. The molecule has 0 saturated carbocycles. The van der Waals surface area contributed by atoms with E-state index in [1.807, 2.05) is 30.3 Å². The van der Waals surface area contributed by atoms with E-state index >= 15 is 0 Å². The normalized spacial score (nSPS) is 26.7. The van der Waals surface area contributed by atoms with Crippen molar-refractivity contribution >= 4 is 11.8 Å². The summed E-state index contributed by atoms with van der Waals surface area (Å²) < 4.78 is 52.3. The second-order valence-corrected chi connectivity index (χ2v) is 9.07. The highest BCUT2D eigenvalue weighted by atomic mass is 19.4. The van der Waals surface area contributed by atoms with Gasteiger partial charge in [-0.3, -0.25) is 0 Å². The topological polar surface area (TPSA) is 62.8 Å². The zero-order valence-corrected chi connectivity index (χ0v) is 18.7. The SMILES string of the molecule is O=C(OC[C@H]1CC[C@@H]2[C@H](O1)c1cc(C(F)(F)F)ccc1N[C@H]2c1ccccc1)N1CCNCC1.